The van der Waals surface area contributed by atoms with E-state index in [1.54, 1.807) is 36.4 Å². The number of benzene rings is 3. The summed E-state index contributed by atoms with van der Waals surface area (Å²) < 4.78 is 27.3. The van der Waals surface area contributed by atoms with Crippen molar-refractivity contribution in [2.24, 2.45) is 17.8 Å². The molecule has 0 aliphatic heterocycles. The van der Waals surface area contributed by atoms with Crippen LogP contribution in [0.25, 0.3) is 0 Å². The van der Waals surface area contributed by atoms with E-state index >= 15 is 0 Å². The molecule has 0 aromatic heterocycles. The van der Waals surface area contributed by atoms with Crippen LogP contribution in [-0.4, -0.2) is 29.7 Å². The van der Waals surface area contributed by atoms with Gasteiger partial charge in [-0.15, -0.1) is 0 Å². The second-order valence-corrected chi connectivity index (χ2v) is 11.7. The van der Waals surface area contributed by atoms with Crippen molar-refractivity contribution >= 4 is 39.2 Å². The van der Waals surface area contributed by atoms with Gasteiger partial charge in [0.1, 0.15) is 29.5 Å². The minimum atomic E-state index is -1.15. The quantitative estimate of drug-likeness (QED) is 0.199. The van der Waals surface area contributed by atoms with Crippen LogP contribution in [0.5, 0.6) is 11.5 Å². The minimum absolute atomic E-state index is 0.0125. The van der Waals surface area contributed by atoms with Crippen LogP contribution in [0.4, 0.5) is 15.8 Å². The van der Waals surface area contributed by atoms with Gasteiger partial charge in [0.05, 0.1) is 6.10 Å². The lowest BCUT2D eigenvalue weighted by molar-refractivity contribution is -0.126. The van der Waals surface area contributed by atoms with Gasteiger partial charge in [0, 0.05) is 28.0 Å². The molecule has 0 saturated heterocycles. The Morgan fingerprint density at radius 3 is 2.49 bits per heavy atom. The maximum absolute atomic E-state index is 14.8. The van der Waals surface area contributed by atoms with Gasteiger partial charge < -0.3 is 25.2 Å². The van der Waals surface area contributed by atoms with Crippen LogP contribution < -0.4 is 15.4 Å². The number of halogens is 2. The Bertz CT molecular complexity index is 1360. The van der Waals surface area contributed by atoms with E-state index in [1.165, 1.54) is 30.7 Å². The molecule has 0 bridgehead atoms. The molecule has 0 heterocycles. The lowest BCUT2D eigenvalue weighted by atomic mass is 9.72. The summed E-state index contributed by atoms with van der Waals surface area (Å²) in [6.45, 7) is 6.82. The highest BCUT2D eigenvalue weighted by atomic mass is 79.9. The molecule has 7 nitrogen and oxygen atoms in total. The summed E-state index contributed by atoms with van der Waals surface area (Å²) in [6, 6.07) is 16.1. The highest BCUT2D eigenvalue weighted by Crippen LogP contribution is 2.37. The number of aromatic carboxylic acids is 1. The van der Waals surface area contributed by atoms with Crippen molar-refractivity contribution in [1.29, 1.82) is 0 Å². The third-order valence-electron chi connectivity index (χ3n) is 7.54. The van der Waals surface area contributed by atoms with Crippen molar-refractivity contribution in [2.45, 2.75) is 52.7 Å². The molecule has 3 aromatic carbocycles. The molecule has 4 rings (SSSR count). The molecule has 0 radical (unpaired) electrons. The number of carbonyl (C=O) groups excluding carboxylic acids is 1. The molecular weight excluding hydrogens is 591 g/mol. The zero-order valence-corrected chi connectivity index (χ0v) is 25.0. The number of hydrogen-bond donors (Lipinski definition) is 3. The predicted molar refractivity (Wildman–Crippen MR) is 161 cm³/mol. The van der Waals surface area contributed by atoms with Crippen LogP contribution in [0.3, 0.4) is 0 Å². The predicted octanol–water partition coefficient (Wildman–Crippen LogP) is 8.11. The van der Waals surface area contributed by atoms with E-state index < -0.39 is 11.8 Å². The molecule has 1 aliphatic rings. The molecular formula is C32H36BrFN2O5. The van der Waals surface area contributed by atoms with Gasteiger partial charge in [-0.1, -0.05) is 55.6 Å². The number of ether oxygens (including phenoxy) is 2. The standard InChI is InChI=1S/C32H36BrFN2O5/c1-19(2)31-20(3)6-4-9-29(31)40-18-30(37)36-23-13-11-22(12-14-23)35-17-25-26(34)7-5-8-27(25)41-28-15-10-21(33)16-24(28)32(38)39/h5,7-8,10-16,19-20,29,31,35H,4,6,9,17-18H2,1-3H3,(H,36,37)(H,38,39). The molecule has 3 unspecified atom stereocenters. The number of amides is 1. The van der Waals surface area contributed by atoms with Crippen LogP contribution in [0.2, 0.25) is 0 Å². The second kappa shape index (κ2) is 14.0. The molecule has 9 heteroatoms. The Hall–Kier alpha value is -3.43. The summed E-state index contributed by atoms with van der Waals surface area (Å²) in [4.78, 5) is 24.2. The average Bonchev–Trinajstić information content (AvgIpc) is 2.93. The molecule has 0 spiro atoms. The summed E-state index contributed by atoms with van der Waals surface area (Å²) in [5.74, 6) is 0.0249. The van der Waals surface area contributed by atoms with E-state index in [1.807, 2.05) is 0 Å². The molecule has 1 amide bonds. The lowest BCUT2D eigenvalue weighted by Gasteiger charge is -2.38. The Balaban J connectivity index is 1.34. The fraction of sp³-hybridized carbons (Fsp3) is 0.375. The first-order chi connectivity index (χ1) is 19.6. The third kappa shape index (κ3) is 8.07. The molecule has 218 valence electrons. The smallest absolute Gasteiger partial charge is 0.339 e. The SMILES string of the molecule is CC(C)C1C(C)CCCC1OCC(=O)Nc1ccc(NCc2c(F)cccc2Oc2ccc(Br)cc2C(=O)O)cc1. The topological polar surface area (TPSA) is 96.9 Å². The molecule has 3 atom stereocenters. The van der Waals surface area contributed by atoms with Gasteiger partial charge in [0.15, 0.2) is 0 Å². The molecule has 3 aromatic rings. The van der Waals surface area contributed by atoms with E-state index in [0.717, 1.165) is 12.8 Å². The molecule has 1 fully saturated rings. The van der Waals surface area contributed by atoms with E-state index in [9.17, 15) is 19.1 Å². The van der Waals surface area contributed by atoms with Crippen LogP contribution in [-0.2, 0) is 16.1 Å². The van der Waals surface area contributed by atoms with Gasteiger partial charge in [0.25, 0.3) is 0 Å². The van der Waals surface area contributed by atoms with E-state index in [-0.39, 0.29) is 47.8 Å². The number of carbonyl (C=O) groups is 2. The number of carboxylic acid groups (broad SMARTS) is 1. The van der Waals surface area contributed by atoms with E-state index in [0.29, 0.717) is 33.6 Å². The van der Waals surface area contributed by atoms with E-state index in [2.05, 4.69) is 47.3 Å². The summed E-state index contributed by atoms with van der Waals surface area (Å²) in [6.07, 6.45) is 3.42. The number of rotatable bonds is 11. The Labute approximate surface area is 248 Å². The highest BCUT2D eigenvalue weighted by Gasteiger charge is 2.33. The van der Waals surface area contributed by atoms with Gasteiger partial charge in [-0.3, -0.25) is 4.79 Å². The maximum Gasteiger partial charge on any atom is 0.339 e. The van der Waals surface area contributed by atoms with Crippen molar-refractivity contribution < 1.29 is 28.6 Å². The number of carboxylic acids is 1. The van der Waals surface area contributed by atoms with Crippen molar-refractivity contribution in [3.8, 4) is 11.5 Å². The van der Waals surface area contributed by atoms with Crippen molar-refractivity contribution in [1.82, 2.24) is 0 Å². The summed E-state index contributed by atoms with van der Waals surface area (Å²) in [7, 11) is 0. The normalized spacial score (nSPS) is 18.6. The molecule has 1 aliphatic carbocycles. The van der Waals surface area contributed by atoms with Crippen LogP contribution in [0.15, 0.2) is 65.1 Å². The lowest BCUT2D eigenvalue weighted by Crippen LogP contribution is -2.38. The van der Waals surface area contributed by atoms with Gasteiger partial charge in [-0.05, 0) is 78.8 Å². The maximum atomic E-state index is 14.8. The average molecular weight is 628 g/mol. The first kappa shape index (κ1) is 30.5. The highest BCUT2D eigenvalue weighted by molar-refractivity contribution is 9.10. The zero-order valence-electron chi connectivity index (χ0n) is 23.5. The fourth-order valence-corrected chi connectivity index (χ4v) is 5.96. The zero-order chi connectivity index (χ0) is 29.5. The van der Waals surface area contributed by atoms with Gasteiger partial charge in [-0.25, -0.2) is 9.18 Å². The van der Waals surface area contributed by atoms with Gasteiger partial charge >= 0.3 is 5.97 Å². The monoisotopic (exact) mass is 626 g/mol. The van der Waals surface area contributed by atoms with Crippen LogP contribution in [0, 0.1) is 23.6 Å². The fourth-order valence-electron chi connectivity index (χ4n) is 5.60. The number of nitrogens with one attached hydrogen (secondary N) is 2. The Morgan fingerprint density at radius 2 is 1.78 bits per heavy atom. The van der Waals surface area contributed by atoms with Crippen molar-refractivity contribution in [2.75, 3.05) is 17.2 Å². The molecule has 1 saturated carbocycles. The van der Waals surface area contributed by atoms with Crippen molar-refractivity contribution in [3.05, 3.63) is 82.1 Å². The third-order valence-corrected chi connectivity index (χ3v) is 8.03. The second-order valence-electron chi connectivity index (χ2n) is 10.8. The first-order valence-corrected chi connectivity index (χ1v) is 14.6. The Kier molecular flexibility index (Phi) is 10.4. The Morgan fingerprint density at radius 1 is 1.05 bits per heavy atom. The van der Waals surface area contributed by atoms with Gasteiger partial charge in [-0.2, -0.15) is 0 Å². The largest absolute Gasteiger partial charge is 0.478 e. The minimum Gasteiger partial charge on any atom is -0.478 e. The molecule has 3 N–H and O–H groups in total. The molecule has 41 heavy (non-hydrogen) atoms. The first-order valence-electron chi connectivity index (χ1n) is 13.9. The summed E-state index contributed by atoms with van der Waals surface area (Å²) >= 11 is 3.26. The summed E-state index contributed by atoms with van der Waals surface area (Å²) in [5.41, 5.74) is 1.55. The van der Waals surface area contributed by atoms with Crippen LogP contribution in [0.1, 0.15) is 56.0 Å². The summed E-state index contributed by atoms with van der Waals surface area (Å²) in [5, 5.41) is 15.6. The van der Waals surface area contributed by atoms with E-state index in [4.69, 9.17) is 9.47 Å². The van der Waals surface area contributed by atoms with Gasteiger partial charge in [0.2, 0.25) is 5.91 Å². The van der Waals surface area contributed by atoms with Crippen LogP contribution >= 0.6 is 15.9 Å². The van der Waals surface area contributed by atoms with Crippen molar-refractivity contribution in [3.63, 3.8) is 0 Å². The number of anilines is 2. The number of hydrogen-bond acceptors (Lipinski definition) is 5.